The molecule has 0 N–H and O–H groups in total. The van der Waals surface area contributed by atoms with Gasteiger partial charge in [0.1, 0.15) is 7.05 Å². The fourth-order valence-electron chi connectivity index (χ4n) is 2.24. The molecule has 92 valence electrons. The highest BCUT2D eigenvalue weighted by molar-refractivity contribution is 5.81. The van der Waals surface area contributed by atoms with Crippen molar-refractivity contribution in [1.29, 1.82) is 0 Å². The van der Waals surface area contributed by atoms with Crippen molar-refractivity contribution in [3.05, 3.63) is 48.9 Å². The fraction of sp³-hybridized carbons (Fsp3) is 0.267. The third-order valence-electron chi connectivity index (χ3n) is 3.12. The summed E-state index contributed by atoms with van der Waals surface area (Å²) in [4.78, 5) is 0. The molecule has 0 amide bonds. The number of fused-ring (bicyclic) bond motifs is 1. The van der Waals surface area contributed by atoms with Crippen LogP contribution in [0, 0.1) is 0 Å². The summed E-state index contributed by atoms with van der Waals surface area (Å²) in [6, 6.07) is 10.2. The van der Waals surface area contributed by atoms with Gasteiger partial charge in [0.15, 0.2) is 11.9 Å². The van der Waals surface area contributed by atoms with E-state index in [1.54, 1.807) is 6.26 Å². The van der Waals surface area contributed by atoms with Gasteiger partial charge in [-0.25, -0.2) is 0 Å². The minimum Gasteiger partial charge on any atom is -0.463 e. The smallest absolute Gasteiger partial charge is 0.254 e. The van der Waals surface area contributed by atoms with Crippen LogP contribution in [0.25, 0.3) is 10.9 Å². The second kappa shape index (κ2) is 4.69. The van der Waals surface area contributed by atoms with Crippen molar-refractivity contribution >= 4 is 10.9 Å². The van der Waals surface area contributed by atoms with Crippen molar-refractivity contribution in [2.75, 3.05) is 0 Å². The summed E-state index contributed by atoms with van der Waals surface area (Å²) in [5.74, 6) is 0.871. The van der Waals surface area contributed by atoms with Gasteiger partial charge in [0.25, 0.3) is 5.52 Å². The van der Waals surface area contributed by atoms with Crippen LogP contribution in [0.3, 0.4) is 0 Å². The Morgan fingerprint density at radius 2 is 2.17 bits per heavy atom. The number of hydrogen-bond donors (Lipinski definition) is 0. The Bertz CT molecular complexity index is 587. The molecule has 2 heterocycles. The van der Waals surface area contributed by atoms with E-state index in [9.17, 15) is 0 Å². The number of aromatic nitrogens is 1. The first-order chi connectivity index (χ1) is 8.84. The maximum atomic E-state index is 5.96. The molecular formula is C15H16NO2+. The van der Waals surface area contributed by atoms with Crippen LogP contribution >= 0.6 is 0 Å². The van der Waals surface area contributed by atoms with Gasteiger partial charge >= 0.3 is 0 Å². The number of aryl methyl sites for hydroxylation is 1. The minimum atomic E-state index is -0.180. The van der Waals surface area contributed by atoms with E-state index in [0.717, 1.165) is 24.1 Å². The van der Waals surface area contributed by atoms with E-state index in [0.29, 0.717) is 0 Å². The largest absolute Gasteiger partial charge is 0.463 e. The van der Waals surface area contributed by atoms with Crippen LogP contribution in [0.2, 0.25) is 0 Å². The van der Waals surface area contributed by atoms with Gasteiger partial charge in [-0.05, 0) is 30.7 Å². The van der Waals surface area contributed by atoms with Crippen LogP contribution in [0.5, 0.6) is 5.75 Å². The SMILES string of the molecule is C[n+]1cccc2cccc(OC3CCC=CO3)c21. The molecule has 1 aromatic heterocycles. The molecule has 0 bridgehead atoms. The van der Waals surface area contributed by atoms with Crippen molar-refractivity contribution < 1.29 is 14.0 Å². The van der Waals surface area contributed by atoms with Gasteiger partial charge in [0.2, 0.25) is 6.29 Å². The fourth-order valence-corrected chi connectivity index (χ4v) is 2.24. The van der Waals surface area contributed by atoms with Crippen LogP contribution in [-0.2, 0) is 11.8 Å². The maximum Gasteiger partial charge on any atom is 0.254 e. The molecule has 0 aliphatic carbocycles. The molecule has 3 nitrogen and oxygen atoms in total. The molecule has 1 aliphatic rings. The summed E-state index contributed by atoms with van der Waals surface area (Å²) >= 11 is 0. The molecule has 0 radical (unpaired) electrons. The van der Waals surface area contributed by atoms with Gasteiger partial charge in [-0.3, -0.25) is 0 Å². The summed E-state index contributed by atoms with van der Waals surface area (Å²) in [7, 11) is 2.02. The third kappa shape index (κ3) is 2.04. The van der Waals surface area contributed by atoms with E-state index in [4.69, 9.17) is 9.47 Å². The highest BCUT2D eigenvalue weighted by atomic mass is 16.7. The Morgan fingerprint density at radius 1 is 1.28 bits per heavy atom. The molecule has 2 aromatic rings. The predicted octanol–water partition coefficient (Wildman–Crippen LogP) is 2.69. The quantitative estimate of drug-likeness (QED) is 0.755. The molecule has 1 aliphatic heterocycles. The minimum absolute atomic E-state index is 0.180. The molecule has 0 fully saturated rings. The first-order valence-corrected chi connectivity index (χ1v) is 6.19. The number of pyridine rings is 1. The van der Waals surface area contributed by atoms with Crippen molar-refractivity contribution in [3.8, 4) is 5.75 Å². The second-order valence-corrected chi connectivity index (χ2v) is 4.45. The Morgan fingerprint density at radius 3 is 3.00 bits per heavy atom. The van der Waals surface area contributed by atoms with Crippen LogP contribution in [0.15, 0.2) is 48.9 Å². The van der Waals surface area contributed by atoms with Crippen molar-refractivity contribution in [3.63, 3.8) is 0 Å². The van der Waals surface area contributed by atoms with Crippen LogP contribution in [-0.4, -0.2) is 6.29 Å². The number of hydrogen-bond acceptors (Lipinski definition) is 2. The highest BCUT2D eigenvalue weighted by Crippen LogP contribution is 2.24. The van der Waals surface area contributed by atoms with Crippen molar-refractivity contribution in [2.45, 2.75) is 19.1 Å². The first-order valence-electron chi connectivity index (χ1n) is 6.19. The average Bonchev–Trinajstić information content (AvgIpc) is 2.40. The third-order valence-corrected chi connectivity index (χ3v) is 3.12. The standard InChI is InChI=1S/C15H16NO2/c1-16-10-5-7-12-6-4-8-13(15(12)16)18-14-9-2-3-11-17-14/h3-8,10-11,14H,2,9H2,1H3/q+1. The normalized spacial score (nSPS) is 18.6. The molecule has 3 rings (SSSR count). The lowest BCUT2D eigenvalue weighted by Gasteiger charge is -2.20. The number of benzene rings is 1. The molecule has 1 atom stereocenters. The number of nitrogens with zero attached hydrogens (tertiary/aromatic N) is 1. The van der Waals surface area contributed by atoms with Gasteiger partial charge in [0.05, 0.1) is 11.6 Å². The van der Waals surface area contributed by atoms with Crippen LogP contribution in [0.1, 0.15) is 12.8 Å². The van der Waals surface area contributed by atoms with Crippen molar-refractivity contribution in [2.24, 2.45) is 7.05 Å². The average molecular weight is 242 g/mol. The zero-order chi connectivity index (χ0) is 12.4. The maximum absolute atomic E-state index is 5.96. The van der Waals surface area contributed by atoms with E-state index in [1.807, 2.05) is 37.5 Å². The van der Waals surface area contributed by atoms with Gasteiger partial charge in [-0.15, -0.1) is 0 Å². The van der Waals surface area contributed by atoms with Gasteiger partial charge in [0, 0.05) is 12.5 Å². The summed E-state index contributed by atoms with van der Waals surface area (Å²) in [6.07, 6.45) is 7.48. The summed E-state index contributed by atoms with van der Waals surface area (Å²) in [5, 5.41) is 1.17. The summed E-state index contributed by atoms with van der Waals surface area (Å²) in [5.41, 5.74) is 1.10. The molecule has 3 heteroatoms. The lowest BCUT2D eigenvalue weighted by Crippen LogP contribution is -2.29. The first kappa shape index (κ1) is 11.1. The van der Waals surface area contributed by atoms with Crippen molar-refractivity contribution in [1.82, 2.24) is 0 Å². The molecular weight excluding hydrogens is 226 g/mol. The monoisotopic (exact) mass is 242 g/mol. The lowest BCUT2D eigenvalue weighted by molar-refractivity contribution is -0.645. The zero-order valence-electron chi connectivity index (χ0n) is 10.4. The Kier molecular flexibility index (Phi) is 2.89. The van der Waals surface area contributed by atoms with Gasteiger partial charge in [-0.2, -0.15) is 4.57 Å². The molecule has 0 saturated heterocycles. The molecule has 18 heavy (non-hydrogen) atoms. The number of rotatable bonds is 2. The summed E-state index contributed by atoms with van der Waals surface area (Å²) < 4.78 is 13.5. The molecule has 1 aromatic carbocycles. The number of ether oxygens (including phenoxy) is 2. The molecule has 0 saturated carbocycles. The highest BCUT2D eigenvalue weighted by Gasteiger charge is 2.17. The van der Waals surface area contributed by atoms with E-state index >= 15 is 0 Å². The van der Waals surface area contributed by atoms with E-state index < -0.39 is 0 Å². The topological polar surface area (TPSA) is 22.3 Å². The van der Waals surface area contributed by atoms with E-state index in [2.05, 4.69) is 16.7 Å². The molecule has 1 unspecified atom stereocenters. The Labute approximate surface area is 106 Å². The zero-order valence-corrected chi connectivity index (χ0v) is 10.4. The van der Waals surface area contributed by atoms with E-state index in [1.165, 1.54) is 5.39 Å². The molecule has 0 spiro atoms. The Balaban J connectivity index is 1.98. The second-order valence-electron chi connectivity index (χ2n) is 4.45. The van der Waals surface area contributed by atoms with E-state index in [-0.39, 0.29) is 6.29 Å². The number of para-hydroxylation sites is 1. The lowest BCUT2D eigenvalue weighted by atomic mass is 10.2. The summed E-state index contributed by atoms with van der Waals surface area (Å²) in [6.45, 7) is 0. The van der Waals surface area contributed by atoms with Gasteiger partial charge in [-0.1, -0.05) is 6.07 Å². The Hall–Kier alpha value is -2.03. The van der Waals surface area contributed by atoms with Gasteiger partial charge < -0.3 is 9.47 Å². The van der Waals surface area contributed by atoms with Crippen LogP contribution < -0.4 is 9.30 Å². The van der Waals surface area contributed by atoms with Crippen LogP contribution in [0.4, 0.5) is 0 Å². The number of allylic oxidation sites excluding steroid dienone is 1. The predicted molar refractivity (Wildman–Crippen MR) is 69.0 cm³/mol.